The quantitative estimate of drug-likeness (QED) is 0.694. The maximum absolute atomic E-state index is 12.3. The first-order chi connectivity index (χ1) is 12.6. The van der Waals surface area contributed by atoms with Gasteiger partial charge in [0.25, 0.3) is 5.91 Å². The third kappa shape index (κ3) is 3.73. The predicted molar refractivity (Wildman–Crippen MR) is 99.0 cm³/mol. The van der Waals surface area contributed by atoms with Gasteiger partial charge >= 0.3 is 5.97 Å². The SMILES string of the molecule is COC(=O)c1ccc(C(=O)NC[C@@H](O)c2cccc3ccccc23)cc1. The molecule has 132 valence electrons. The Hall–Kier alpha value is -3.18. The number of nitrogens with one attached hydrogen (secondary N) is 1. The van der Waals surface area contributed by atoms with E-state index in [1.165, 1.54) is 19.2 Å². The molecule has 0 bridgehead atoms. The van der Waals surface area contributed by atoms with E-state index in [0.29, 0.717) is 11.1 Å². The minimum absolute atomic E-state index is 0.0889. The van der Waals surface area contributed by atoms with Crippen molar-refractivity contribution in [3.05, 3.63) is 83.4 Å². The largest absolute Gasteiger partial charge is 0.465 e. The van der Waals surface area contributed by atoms with E-state index < -0.39 is 12.1 Å². The van der Waals surface area contributed by atoms with Crippen molar-refractivity contribution in [3.63, 3.8) is 0 Å². The zero-order chi connectivity index (χ0) is 18.5. The molecule has 3 aromatic rings. The molecule has 0 aliphatic rings. The van der Waals surface area contributed by atoms with E-state index in [1.54, 1.807) is 12.1 Å². The van der Waals surface area contributed by atoms with Crippen molar-refractivity contribution < 1.29 is 19.4 Å². The molecule has 26 heavy (non-hydrogen) atoms. The number of amides is 1. The van der Waals surface area contributed by atoms with Gasteiger partial charge < -0.3 is 15.2 Å². The summed E-state index contributed by atoms with van der Waals surface area (Å²) in [5, 5.41) is 15.2. The van der Waals surface area contributed by atoms with Crippen molar-refractivity contribution in [3.8, 4) is 0 Å². The highest BCUT2D eigenvalue weighted by Gasteiger charge is 2.14. The van der Waals surface area contributed by atoms with Crippen LogP contribution in [-0.4, -0.2) is 30.6 Å². The van der Waals surface area contributed by atoms with Gasteiger partial charge in [0.15, 0.2) is 0 Å². The third-order valence-corrected chi connectivity index (χ3v) is 4.21. The van der Waals surface area contributed by atoms with Gasteiger partial charge in [0, 0.05) is 12.1 Å². The molecular formula is C21H19NO4. The summed E-state index contributed by atoms with van der Waals surface area (Å²) in [4.78, 5) is 23.7. The molecule has 0 fully saturated rings. The maximum atomic E-state index is 12.3. The lowest BCUT2D eigenvalue weighted by Crippen LogP contribution is -2.28. The van der Waals surface area contributed by atoms with Gasteiger partial charge in [0.1, 0.15) is 0 Å². The van der Waals surface area contributed by atoms with Crippen LogP contribution in [0, 0.1) is 0 Å². The van der Waals surface area contributed by atoms with Gasteiger partial charge in [-0.3, -0.25) is 4.79 Å². The summed E-state index contributed by atoms with van der Waals surface area (Å²) >= 11 is 0. The van der Waals surface area contributed by atoms with Gasteiger partial charge in [0.05, 0.1) is 18.8 Å². The average Bonchev–Trinajstić information content (AvgIpc) is 2.70. The predicted octanol–water partition coefficient (Wildman–Crippen LogP) is 3.09. The van der Waals surface area contributed by atoms with Crippen molar-refractivity contribution in [1.29, 1.82) is 0 Å². The maximum Gasteiger partial charge on any atom is 0.337 e. The number of hydrogen-bond acceptors (Lipinski definition) is 4. The van der Waals surface area contributed by atoms with E-state index in [4.69, 9.17) is 0 Å². The third-order valence-electron chi connectivity index (χ3n) is 4.21. The molecule has 1 amide bonds. The van der Waals surface area contributed by atoms with Crippen LogP contribution >= 0.6 is 0 Å². The lowest BCUT2D eigenvalue weighted by Gasteiger charge is -2.15. The van der Waals surface area contributed by atoms with Crippen molar-refractivity contribution in [2.45, 2.75) is 6.10 Å². The van der Waals surface area contributed by atoms with Gasteiger partial charge in [-0.15, -0.1) is 0 Å². The summed E-state index contributed by atoms with van der Waals surface area (Å²) in [5.41, 5.74) is 1.55. The number of carbonyl (C=O) groups is 2. The monoisotopic (exact) mass is 349 g/mol. The molecule has 0 aliphatic carbocycles. The Kier molecular flexibility index (Phi) is 5.29. The summed E-state index contributed by atoms with van der Waals surface area (Å²) in [5.74, 6) is -0.774. The van der Waals surface area contributed by atoms with Gasteiger partial charge in [-0.25, -0.2) is 4.79 Å². The standard InChI is InChI=1S/C21H19NO4/c1-26-21(25)16-11-9-15(10-12-16)20(24)22-13-19(23)18-8-4-6-14-5-2-3-7-17(14)18/h2-12,19,23H,13H2,1H3,(H,22,24)/t19-/m1/s1. The molecule has 0 spiro atoms. The van der Waals surface area contributed by atoms with Gasteiger partial charge in [-0.1, -0.05) is 42.5 Å². The summed E-state index contributed by atoms with van der Waals surface area (Å²) in [6, 6.07) is 19.7. The van der Waals surface area contributed by atoms with Crippen LogP contribution in [0.3, 0.4) is 0 Å². The summed E-state index contributed by atoms with van der Waals surface area (Å²) in [6.45, 7) is 0.0889. The van der Waals surface area contributed by atoms with Crippen LogP contribution in [0.5, 0.6) is 0 Å². The van der Waals surface area contributed by atoms with Crippen molar-refractivity contribution in [1.82, 2.24) is 5.32 Å². The first-order valence-corrected chi connectivity index (χ1v) is 8.22. The van der Waals surface area contributed by atoms with E-state index >= 15 is 0 Å². The molecular weight excluding hydrogens is 330 g/mol. The second kappa shape index (κ2) is 7.80. The number of aliphatic hydroxyl groups is 1. The number of esters is 1. The second-order valence-corrected chi connectivity index (χ2v) is 5.86. The molecule has 0 saturated heterocycles. The van der Waals surface area contributed by atoms with E-state index in [9.17, 15) is 14.7 Å². The minimum Gasteiger partial charge on any atom is -0.465 e. The van der Waals surface area contributed by atoms with Gasteiger partial charge in [0.2, 0.25) is 0 Å². The summed E-state index contributed by atoms with van der Waals surface area (Å²) < 4.78 is 4.63. The highest BCUT2D eigenvalue weighted by atomic mass is 16.5. The number of ether oxygens (including phenoxy) is 1. The van der Waals surface area contributed by atoms with E-state index in [0.717, 1.165) is 16.3 Å². The average molecular weight is 349 g/mol. The van der Waals surface area contributed by atoms with E-state index in [-0.39, 0.29) is 12.5 Å². The highest BCUT2D eigenvalue weighted by molar-refractivity contribution is 5.96. The number of benzene rings is 3. The highest BCUT2D eigenvalue weighted by Crippen LogP contribution is 2.23. The number of methoxy groups -OCH3 is 1. The minimum atomic E-state index is -0.820. The Bertz CT molecular complexity index is 929. The Morgan fingerprint density at radius 2 is 1.62 bits per heavy atom. The molecule has 0 saturated carbocycles. The molecule has 1 atom stereocenters. The first kappa shape index (κ1) is 17.6. The fraction of sp³-hybridized carbons (Fsp3) is 0.143. The molecule has 3 rings (SSSR count). The second-order valence-electron chi connectivity index (χ2n) is 5.86. The van der Waals surface area contributed by atoms with Crippen LogP contribution < -0.4 is 5.32 Å². The fourth-order valence-corrected chi connectivity index (χ4v) is 2.82. The van der Waals surface area contributed by atoms with Crippen LogP contribution in [0.4, 0.5) is 0 Å². The molecule has 0 heterocycles. The van der Waals surface area contributed by atoms with Gasteiger partial charge in [-0.05, 0) is 40.6 Å². The van der Waals surface area contributed by atoms with Crippen molar-refractivity contribution in [2.75, 3.05) is 13.7 Å². The zero-order valence-corrected chi connectivity index (χ0v) is 14.3. The van der Waals surface area contributed by atoms with E-state index in [1.807, 2.05) is 42.5 Å². The van der Waals surface area contributed by atoms with Crippen LogP contribution in [0.25, 0.3) is 10.8 Å². The molecule has 0 aliphatic heterocycles. The molecule has 0 radical (unpaired) electrons. The molecule has 0 unspecified atom stereocenters. The topological polar surface area (TPSA) is 75.6 Å². The summed E-state index contributed by atoms with van der Waals surface area (Å²) in [6.07, 6.45) is -0.820. The number of hydrogen-bond donors (Lipinski definition) is 2. The lowest BCUT2D eigenvalue weighted by molar-refractivity contribution is 0.0600. The number of fused-ring (bicyclic) bond motifs is 1. The molecule has 2 N–H and O–H groups in total. The molecule has 0 aromatic heterocycles. The van der Waals surface area contributed by atoms with Crippen molar-refractivity contribution >= 4 is 22.6 Å². The van der Waals surface area contributed by atoms with Crippen LogP contribution in [0.2, 0.25) is 0 Å². The fourth-order valence-electron chi connectivity index (χ4n) is 2.82. The molecule has 3 aromatic carbocycles. The lowest BCUT2D eigenvalue weighted by atomic mass is 10.0. The number of carbonyl (C=O) groups excluding carboxylic acids is 2. The van der Waals surface area contributed by atoms with Crippen LogP contribution in [0.15, 0.2) is 66.7 Å². The van der Waals surface area contributed by atoms with Crippen LogP contribution in [0.1, 0.15) is 32.4 Å². The number of aliphatic hydroxyl groups excluding tert-OH is 1. The van der Waals surface area contributed by atoms with E-state index in [2.05, 4.69) is 10.1 Å². The normalized spacial score (nSPS) is 11.8. The van der Waals surface area contributed by atoms with Crippen molar-refractivity contribution in [2.24, 2.45) is 0 Å². The smallest absolute Gasteiger partial charge is 0.337 e. The Morgan fingerprint density at radius 3 is 2.35 bits per heavy atom. The summed E-state index contributed by atoms with van der Waals surface area (Å²) in [7, 11) is 1.30. The Labute approximate surface area is 151 Å². The molecule has 5 nitrogen and oxygen atoms in total. The first-order valence-electron chi connectivity index (χ1n) is 8.22. The zero-order valence-electron chi connectivity index (χ0n) is 14.3. The number of rotatable bonds is 5. The molecule has 5 heteroatoms. The van der Waals surface area contributed by atoms with Gasteiger partial charge in [-0.2, -0.15) is 0 Å². The Balaban J connectivity index is 1.68. The Morgan fingerprint density at radius 1 is 0.962 bits per heavy atom. The van der Waals surface area contributed by atoms with Crippen LogP contribution in [-0.2, 0) is 4.74 Å².